The van der Waals surface area contributed by atoms with Crippen LogP contribution >= 0.6 is 0 Å². The molecule has 0 saturated heterocycles. The first-order valence-corrected chi connectivity index (χ1v) is 6.59. The van der Waals surface area contributed by atoms with Crippen LogP contribution in [0.15, 0.2) is 0 Å². The second kappa shape index (κ2) is 3.64. The molecule has 4 aliphatic rings. The van der Waals surface area contributed by atoms with Crippen molar-refractivity contribution in [2.45, 2.75) is 51.3 Å². The molecule has 4 aliphatic carbocycles. The molecule has 0 aromatic rings. The number of hydrogen-bond acceptors (Lipinski definition) is 2. The second-order valence-corrected chi connectivity index (χ2v) is 6.27. The summed E-state index contributed by atoms with van der Waals surface area (Å²) < 4.78 is 43.3. The van der Waals surface area contributed by atoms with E-state index in [1.807, 2.05) is 0 Å². The van der Waals surface area contributed by atoms with Crippen LogP contribution in [-0.2, 0) is 9.53 Å². The summed E-state index contributed by atoms with van der Waals surface area (Å²) in [6.07, 6.45) is -2.14. The van der Waals surface area contributed by atoms with Crippen LogP contribution in [0.25, 0.3) is 0 Å². The highest BCUT2D eigenvalue weighted by atomic mass is 19.3. The van der Waals surface area contributed by atoms with Gasteiger partial charge < -0.3 is 4.74 Å². The van der Waals surface area contributed by atoms with Crippen molar-refractivity contribution in [1.82, 2.24) is 0 Å². The topological polar surface area (TPSA) is 26.3 Å². The van der Waals surface area contributed by atoms with Gasteiger partial charge in [-0.05, 0) is 56.8 Å². The minimum absolute atomic E-state index is 0.180. The molecule has 3 atom stereocenters. The predicted molar refractivity (Wildman–Crippen MR) is 57.6 cm³/mol. The predicted octanol–water partition coefficient (Wildman–Crippen LogP) is 3.31. The first-order chi connectivity index (χ1) is 8.33. The van der Waals surface area contributed by atoms with E-state index in [9.17, 15) is 18.0 Å². The lowest BCUT2D eigenvalue weighted by atomic mass is 9.75. The number of ether oxygens (including phenoxy) is 1. The van der Waals surface area contributed by atoms with E-state index in [0.717, 1.165) is 19.3 Å². The third-order valence-electron chi connectivity index (χ3n) is 5.09. The zero-order chi connectivity index (χ0) is 13.1. The maximum atomic E-state index is 13.2. The van der Waals surface area contributed by atoms with Gasteiger partial charge in [-0.15, -0.1) is 0 Å². The minimum Gasteiger partial charge on any atom is -0.398 e. The van der Waals surface area contributed by atoms with E-state index in [4.69, 9.17) is 0 Å². The first kappa shape index (κ1) is 12.3. The second-order valence-electron chi connectivity index (χ2n) is 6.27. The van der Waals surface area contributed by atoms with Crippen molar-refractivity contribution in [1.29, 1.82) is 0 Å². The number of alkyl halides is 3. The van der Waals surface area contributed by atoms with Crippen LogP contribution < -0.4 is 0 Å². The number of esters is 1. The van der Waals surface area contributed by atoms with Crippen LogP contribution in [0, 0.1) is 23.2 Å². The molecule has 0 spiro atoms. The molecule has 4 bridgehead atoms. The van der Waals surface area contributed by atoms with E-state index < -0.39 is 23.7 Å². The highest BCUT2D eigenvalue weighted by molar-refractivity contribution is 5.79. The molecule has 0 heterocycles. The number of hydrogen-bond donors (Lipinski definition) is 0. The highest BCUT2D eigenvalue weighted by Gasteiger charge is 2.63. The van der Waals surface area contributed by atoms with Gasteiger partial charge in [-0.3, -0.25) is 4.79 Å². The lowest BCUT2D eigenvalue weighted by Crippen LogP contribution is -2.42. The van der Waals surface area contributed by atoms with Gasteiger partial charge in [0, 0.05) is 0 Å². The Morgan fingerprint density at radius 2 is 1.83 bits per heavy atom. The number of carbonyl (C=O) groups is 1. The van der Waals surface area contributed by atoms with E-state index >= 15 is 0 Å². The van der Waals surface area contributed by atoms with Crippen molar-refractivity contribution in [3.05, 3.63) is 0 Å². The van der Waals surface area contributed by atoms with Crippen molar-refractivity contribution in [2.75, 3.05) is 0 Å². The molecule has 0 aliphatic heterocycles. The van der Waals surface area contributed by atoms with Gasteiger partial charge in [0.15, 0.2) is 0 Å². The molecule has 18 heavy (non-hydrogen) atoms. The molecule has 0 radical (unpaired) electrons. The van der Waals surface area contributed by atoms with Gasteiger partial charge in [-0.1, -0.05) is 0 Å². The van der Waals surface area contributed by atoms with Crippen LogP contribution in [0.1, 0.15) is 39.0 Å². The summed E-state index contributed by atoms with van der Waals surface area (Å²) in [5.74, 6) is 0.268. The number of carbonyl (C=O) groups excluding carboxylic acids is 1. The zero-order valence-corrected chi connectivity index (χ0v) is 10.3. The van der Waals surface area contributed by atoms with Crippen molar-refractivity contribution < 1.29 is 22.7 Å². The van der Waals surface area contributed by atoms with Crippen LogP contribution in [0.4, 0.5) is 13.2 Å². The van der Waals surface area contributed by atoms with E-state index in [1.54, 1.807) is 0 Å². The van der Waals surface area contributed by atoms with Gasteiger partial charge in [0.25, 0.3) is 0 Å². The van der Waals surface area contributed by atoms with Gasteiger partial charge in [-0.25, -0.2) is 4.39 Å². The molecule has 4 rings (SSSR count). The SMILES string of the molecule is CC(F)C(F)(F)OC(=O)C12CC3CC(CC1C3)C2. The van der Waals surface area contributed by atoms with E-state index in [1.165, 1.54) is 0 Å². The smallest absolute Gasteiger partial charge is 0.398 e. The third kappa shape index (κ3) is 1.58. The monoisotopic (exact) mass is 262 g/mol. The third-order valence-corrected chi connectivity index (χ3v) is 5.09. The average molecular weight is 262 g/mol. The molecule has 0 N–H and O–H groups in total. The fraction of sp³-hybridized carbons (Fsp3) is 0.923. The molecule has 0 amide bonds. The molecule has 4 fully saturated rings. The molecule has 0 aromatic heterocycles. The average Bonchev–Trinajstić information content (AvgIpc) is 2.64. The Balaban J connectivity index is 1.78. The zero-order valence-electron chi connectivity index (χ0n) is 10.3. The molecule has 5 heteroatoms. The minimum atomic E-state index is -3.99. The van der Waals surface area contributed by atoms with E-state index in [2.05, 4.69) is 4.74 Å². The summed E-state index contributed by atoms with van der Waals surface area (Å²) in [6.45, 7) is 0.712. The Morgan fingerprint density at radius 1 is 1.28 bits per heavy atom. The van der Waals surface area contributed by atoms with Crippen LogP contribution in [0.5, 0.6) is 0 Å². The summed E-state index contributed by atoms with van der Waals surface area (Å²) in [5, 5.41) is 0. The Labute approximate surface area is 104 Å². The van der Waals surface area contributed by atoms with Gasteiger partial charge in [0.05, 0.1) is 5.41 Å². The summed E-state index contributed by atoms with van der Waals surface area (Å²) in [4.78, 5) is 12.1. The molecule has 3 unspecified atom stereocenters. The van der Waals surface area contributed by atoms with Crippen molar-refractivity contribution in [3.8, 4) is 0 Å². The molecule has 2 nitrogen and oxygen atoms in total. The van der Waals surface area contributed by atoms with Crippen molar-refractivity contribution >= 4 is 5.97 Å². The largest absolute Gasteiger partial charge is 0.431 e. The standard InChI is InChI=1S/C13H17F3O2/c1-7(14)13(15,16)18-11(17)12-5-8-2-9(6-12)4-10(12)3-8/h7-10H,2-6H2,1H3. The maximum absolute atomic E-state index is 13.2. The summed E-state index contributed by atoms with van der Waals surface area (Å²) in [7, 11) is 0. The fourth-order valence-electron chi connectivity index (χ4n) is 4.44. The van der Waals surface area contributed by atoms with E-state index in [0.29, 0.717) is 31.6 Å². The lowest BCUT2D eigenvalue weighted by molar-refractivity contribution is -0.265. The molecular formula is C13H17F3O2. The quantitative estimate of drug-likeness (QED) is 0.729. The fourth-order valence-corrected chi connectivity index (χ4v) is 4.44. The highest BCUT2D eigenvalue weighted by Crippen LogP contribution is 2.66. The molecule has 102 valence electrons. The van der Waals surface area contributed by atoms with Gasteiger partial charge in [0.2, 0.25) is 6.17 Å². The summed E-state index contributed by atoms with van der Waals surface area (Å²) >= 11 is 0. The lowest BCUT2D eigenvalue weighted by Gasteiger charge is -2.32. The van der Waals surface area contributed by atoms with Crippen molar-refractivity contribution in [3.63, 3.8) is 0 Å². The van der Waals surface area contributed by atoms with Crippen LogP contribution in [-0.4, -0.2) is 18.2 Å². The van der Waals surface area contributed by atoms with Gasteiger partial charge in [0.1, 0.15) is 0 Å². The molecule has 4 saturated carbocycles. The summed E-state index contributed by atoms with van der Waals surface area (Å²) in [5.41, 5.74) is -0.730. The van der Waals surface area contributed by atoms with Crippen molar-refractivity contribution in [2.24, 2.45) is 23.2 Å². The first-order valence-electron chi connectivity index (χ1n) is 6.59. The van der Waals surface area contributed by atoms with Crippen LogP contribution in [0.2, 0.25) is 0 Å². The van der Waals surface area contributed by atoms with Gasteiger partial charge >= 0.3 is 12.1 Å². The maximum Gasteiger partial charge on any atom is 0.431 e. The summed E-state index contributed by atoms with van der Waals surface area (Å²) in [6, 6.07) is 0. The Morgan fingerprint density at radius 3 is 2.33 bits per heavy atom. The normalized spacial score (nSPS) is 43.2. The number of halogens is 3. The number of rotatable bonds is 3. The molecule has 0 aromatic carbocycles. The Hall–Kier alpha value is -0.740. The van der Waals surface area contributed by atoms with E-state index in [-0.39, 0.29) is 5.92 Å². The molecular weight excluding hydrogens is 245 g/mol. The Bertz CT molecular complexity index is 366. The van der Waals surface area contributed by atoms with Gasteiger partial charge in [-0.2, -0.15) is 8.78 Å². The Kier molecular flexibility index (Phi) is 2.49. The van der Waals surface area contributed by atoms with Crippen LogP contribution in [0.3, 0.4) is 0 Å².